The van der Waals surface area contributed by atoms with E-state index >= 15 is 0 Å². The van der Waals surface area contributed by atoms with Crippen LogP contribution in [0.4, 0.5) is 0 Å². The van der Waals surface area contributed by atoms with Crippen LogP contribution in [0.5, 0.6) is 0 Å². The first kappa shape index (κ1) is 17.5. The molecule has 6 nitrogen and oxygen atoms in total. The summed E-state index contributed by atoms with van der Waals surface area (Å²) in [5, 5.41) is 13.4. The Morgan fingerprint density at radius 2 is 2.08 bits per heavy atom. The van der Waals surface area contributed by atoms with E-state index in [4.69, 9.17) is 11.6 Å². The molecule has 0 spiro atoms. The van der Waals surface area contributed by atoms with Crippen LogP contribution >= 0.6 is 34.7 Å². The Labute approximate surface area is 157 Å². The number of amides is 1. The number of rotatable bonds is 6. The van der Waals surface area contributed by atoms with E-state index < -0.39 is 0 Å². The average Bonchev–Trinajstić information content (AvgIpc) is 3.11. The summed E-state index contributed by atoms with van der Waals surface area (Å²) in [4.78, 5) is 16.0. The maximum atomic E-state index is 11.8. The van der Waals surface area contributed by atoms with E-state index in [1.807, 2.05) is 30.3 Å². The molecule has 1 aromatic carbocycles. The van der Waals surface area contributed by atoms with Crippen LogP contribution in [0.1, 0.15) is 5.56 Å². The second-order valence-electron chi connectivity index (χ2n) is 4.72. The van der Waals surface area contributed by atoms with Crippen molar-refractivity contribution < 1.29 is 4.79 Å². The number of carbonyl (C=O) groups excluding carboxylic acids is 1. The zero-order chi connectivity index (χ0) is 17.5. The van der Waals surface area contributed by atoms with Gasteiger partial charge >= 0.3 is 0 Å². The van der Waals surface area contributed by atoms with Gasteiger partial charge in [0.2, 0.25) is 0 Å². The van der Waals surface area contributed by atoms with Crippen LogP contribution < -0.4 is 5.43 Å². The van der Waals surface area contributed by atoms with Gasteiger partial charge in [-0.2, -0.15) is 5.10 Å². The Balaban J connectivity index is 1.48. The average molecular weight is 390 g/mol. The second-order valence-corrected chi connectivity index (χ2v) is 7.36. The van der Waals surface area contributed by atoms with Gasteiger partial charge in [0.25, 0.3) is 5.91 Å². The lowest BCUT2D eigenvalue weighted by atomic mass is 10.2. The zero-order valence-electron chi connectivity index (χ0n) is 12.8. The number of hydrogen-bond donors (Lipinski definition) is 1. The van der Waals surface area contributed by atoms with Crippen molar-refractivity contribution in [1.82, 2.24) is 20.6 Å². The Morgan fingerprint density at radius 3 is 2.84 bits per heavy atom. The van der Waals surface area contributed by atoms with Gasteiger partial charge in [0.15, 0.2) is 9.35 Å². The van der Waals surface area contributed by atoms with Crippen molar-refractivity contribution in [3.63, 3.8) is 0 Å². The van der Waals surface area contributed by atoms with E-state index in [9.17, 15) is 4.79 Å². The maximum absolute atomic E-state index is 11.8. The molecule has 0 bridgehead atoms. The fraction of sp³-hybridized carbons (Fsp3) is 0.0625. The van der Waals surface area contributed by atoms with E-state index in [0.29, 0.717) is 9.36 Å². The molecule has 0 unspecified atom stereocenters. The summed E-state index contributed by atoms with van der Waals surface area (Å²) in [5.74, 6) is -0.0146. The number of hydrazone groups is 1. The van der Waals surface area contributed by atoms with E-state index in [2.05, 4.69) is 25.7 Å². The van der Waals surface area contributed by atoms with Crippen LogP contribution in [-0.2, 0) is 4.79 Å². The molecule has 1 N–H and O–H groups in total. The molecule has 126 valence electrons. The van der Waals surface area contributed by atoms with Crippen LogP contribution in [0.3, 0.4) is 0 Å². The monoisotopic (exact) mass is 389 g/mol. The van der Waals surface area contributed by atoms with Gasteiger partial charge in [-0.15, -0.1) is 10.2 Å². The Bertz CT molecular complexity index is 868. The molecule has 2 heterocycles. The lowest BCUT2D eigenvalue weighted by molar-refractivity contribution is -0.118. The van der Waals surface area contributed by atoms with E-state index in [1.54, 1.807) is 24.5 Å². The highest BCUT2D eigenvalue weighted by Gasteiger charge is 2.09. The van der Waals surface area contributed by atoms with E-state index in [1.165, 1.54) is 23.1 Å². The minimum absolute atomic E-state index is 0.203. The number of nitrogens with one attached hydrogen (secondary N) is 1. The Hall–Kier alpha value is -2.29. The van der Waals surface area contributed by atoms with Crippen LogP contribution in [0.2, 0.25) is 5.02 Å². The summed E-state index contributed by atoms with van der Waals surface area (Å²) >= 11 is 8.51. The van der Waals surface area contributed by atoms with Crippen LogP contribution in [0.15, 0.2) is 58.1 Å². The molecule has 0 aliphatic carbocycles. The fourth-order valence-corrected chi connectivity index (χ4v) is 3.50. The minimum atomic E-state index is -0.218. The highest BCUT2D eigenvalue weighted by Crippen LogP contribution is 2.27. The largest absolute Gasteiger partial charge is 0.272 e. The van der Waals surface area contributed by atoms with Crippen LogP contribution in [0, 0.1) is 0 Å². The molecule has 3 aromatic rings. The molecular weight excluding hydrogens is 378 g/mol. The quantitative estimate of drug-likeness (QED) is 0.396. The summed E-state index contributed by atoms with van der Waals surface area (Å²) in [6.07, 6.45) is 3.26. The lowest BCUT2D eigenvalue weighted by Crippen LogP contribution is -2.19. The summed E-state index contributed by atoms with van der Waals surface area (Å²) in [6, 6.07) is 12.7. The van der Waals surface area contributed by atoms with Gasteiger partial charge < -0.3 is 0 Å². The van der Waals surface area contributed by atoms with Gasteiger partial charge in [-0.25, -0.2) is 5.43 Å². The third-order valence-electron chi connectivity index (χ3n) is 2.89. The highest BCUT2D eigenvalue weighted by atomic mass is 35.5. The first-order valence-corrected chi connectivity index (χ1v) is 9.34. The number of halogens is 1. The predicted molar refractivity (Wildman–Crippen MR) is 101 cm³/mol. The molecular formula is C16H12ClN5OS2. The number of pyridine rings is 1. The highest BCUT2D eigenvalue weighted by molar-refractivity contribution is 8.01. The molecule has 0 atom stereocenters. The minimum Gasteiger partial charge on any atom is -0.272 e. The first-order valence-electron chi connectivity index (χ1n) is 7.16. The lowest BCUT2D eigenvalue weighted by Gasteiger charge is -1.97. The second kappa shape index (κ2) is 8.70. The normalized spacial score (nSPS) is 10.9. The molecule has 9 heteroatoms. The summed E-state index contributed by atoms with van der Waals surface area (Å²) in [7, 11) is 0. The van der Waals surface area contributed by atoms with Gasteiger partial charge in [0, 0.05) is 11.2 Å². The van der Waals surface area contributed by atoms with Gasteiger partial charge in [-0.05, 0) is 29.8 Å². The van der Waals surface area contributed by atoms with E-state index in [-0.39, 0.29) is 11.7 Å². The third kappa shape index (κ3) is 5.35. The topological polar surface area (TPSA) is 80.1 Å². The Kier molecular flexibility index (Phi) is 6.10. The van der Waals surface area contributed by atoms with Crippen molar-refractivity contribution in [2.45, 2.75) is 4.34 Å². The van der Waals surface area contributed by atoms with Crippen molar-refractivity contribution in [2.24, 2.45) is 5.10 Å². The molecule has 2 aromatic heterocycles. The number of carbonyl (C=O) groups is 1. The van der Waals surface area contributed by atoms with Gasteiger partial charge in [0.1, 0.15) is 5.69 Å². The van der Waals surface area contributed by atoms with Crippen molar-refractivity contribution in [3.05, 3.63) is 59.2 Å². The SMILES string of the molecule is O=C(CSc1nnc(-c2ccccn2)s1)N/N=C/c1ccc(Cl)cc1. The van der Waals surface area contributed by atoms with Crippen molar-refractivity contribution in [2.75, 3.05) is 5.75 Å². The predicted octanol–water partition coefficient (Wildman–Crippen LogP) is 3.50. The van der Waals surface area contributed by atoms with Gasteiger partial charge in [-0.1, -0.05) is 52.9 Å². The van der Waals surface area contributed by atoms with Gasteiger partial charge in [0.05, 0.1) is 12.0 Å². The molecule has 1 amide bonds. The number of aromatic nitrogens is 3. The summed E-state index contributed by atoms with van der Waals surface area (Å²) < 4.78 is 0.706. The van der Waals surface area contributed by atoms with Crippen molar-refractivity contribution >= 4 is 46.8 Å². The first-order chi connectivity index (χ1) is 12.2. The maximum Gasteiger partial charge on any atom is 0.250 e. The summed E-state index contributed by atoms with van der Waals surface area (Å²) in [6.45, 7) is 0. The standard InChI is InChI=1S/C16H12ClN5OS2/c17-12-6-4-11(5-7-12)9-19-20-14(23)10-24-16-22-21-15(25-16)13-3-1-2-8-18-13/h1-9H,10H2,(H,20,23)/b19-9+. The molecule has 0 radical (unpaired) electrons. The van der Waals surface area contributed by atoms with E-state index in [0.717, 1.165) is 16.3 Å². The molecule has 0 saturated heterocycles. The van der Waals surface area contributed by atoms with Crippen LogP contribution in [-0.4, -0.2) is 33.1 Å². The molecule has 0 saturated carbocycles. The number of thioether (sulfide) groups is 1. The number of nitrogens with zero attached hydrogens (tertiary/aromatic N) is 4. The summed E-state index contributed by atoms with van der Waals surface area (Å²) in [5.41, 5.74) is 4.09. The van der Waals surface area contributed by atoms with Crippen LogP contribution in [0.25, 0.3) is 10.7 Å². The molecule has 3 rings (SSSR count). The molecule has 25 heavy (non-hydrogen) atoms. The van der Waals surface area contributed by atoms with Crippen molar-refractivity contribution in [3.8, 4) is 10.7 Å². The Morgan fingerprint density at radius 1 is 1.24 bits per heavy atom. The smallest absolute Gasteiger partial charge is 0.250 e. The fourth-order valence-electron chi connectivity index (χ4n) is 1.75. The number of hydrogen-bond acceptors (Lipinski definition) is 7. The molecule has 0 aliphatic rings. The third-order valence-corrected chi connectivity index (χ3v) is 5.22. The van der Waals surface area contributed by atoms with Crippen molar-refractivity contribution in [1.29, 1.82) is 0 Å². The number of benzene rings is 1. The molecule has 0 aliphatic heterocycles. The zero-order valence-corrected chi connectivity index (χ0v) is 15.2. The molecule has 0 fully saturated rings. The van der Waals surface area contributed by atoms with Gasteiger partial charge in [-0.3, -0.25) is 9.78 Å².